The molecular weight excluding hydrogens is 255 g/mol. The van der Waals surface area contributed by atoms with Crippen LogP contribution in [0.5, 0.6) is 0 Å². The molecular formula is C12H13F5O. The number of halogens is 5. The van der Waals surface area contributed by atoms with E-state index in [1.54, 1.807) is 12.1 Å². The van der Waals surface area contributed by atoms with Gasteiger partial charge in [0.25, 0.3) is 0 Å². The number of aliphatic hydroxyl groups excluding tert-OH is 1. The molecule has 0 aliphatic heterocycles. The summed E-state index contributed by atoms with van der Waals surface area (Å²) in [6.45, 7) is 1.88. The Bertz CT molecular complexity index is 382. The van der Waals surface area contributed by atoms with Gasteiger partial charge in [-0.15, -0.1) is 0 Å². The number of aryl methyl sites for hydroxylation is 1. The smallest absolute Gasteiger partial charge is 0.388 e. The van der Waals surface area contributed by atoms with Gasteiger partial charge in [0, 0.05) is 0 Å². The Morgan fingerprint density at radius 2 is 1.56 bits per heavy atom. The fourth-order valence-corrected chi connectivity index (χ4v) is 1.45. The minimum atomic E-state index is -5.64. The third-order valence-corrected chi connectivity index (χ3v) is 2.64. The van der Waals surface area contributed by atoms with Crippen molar-refractivity contribution in [2.75, 3.05) is 0 Å². The van der Waals surface area contributed by atoms with Crippen LogP contribution in [0, 0.1) is 0 Å². The molecule has 0 amide bonds. The number of hydrogen-bond acceptors (Lipinski definition) is 1. The summed E-state index contributed by atoms with van der Waals surface area (Å²) in [7, 11) is 0. The lowest BCUT2D eigenvalue weighted by Gasteiger charge is -2.22. The zero-order valence-electron chi connectivity index (χ0n) is 9.64. The maximum atomic E-state index is 12.7. The Morgan fingerprint density at radius 1 is 1.06 bits per heavy atom. The highest BCUT2D eigenvalue weighted by atomic mass is 19.4. The van der Waals surface area contributed by atoms with Crippen LogP contribution in [0.4, 0.5) is 22.0 Å². The van der Waals surface area contributed by atoms with E-state index in [1.165, 1.54) is 12.1 Å². The van der Waals surface area contributed by atoms with Gasteiger partial charge in [-0.25, -0.2) is 0 Å². The molecule has 1 rings (SSSR count). The molecule has 0 fully saturated rings. The van der Waals surface area contributed by atoms with Crippen molar-refractivity contribution in [2.45, 2.75) is 38.0 Å². The zero-order valence-corrected chi connectivity index (χ0v) is 9.64. The standard InChI is InChI=1S/C12H13F5O/c1-2-8-3-5-9(6-4-8)10(18)7-11(13,14)12(15,16)17/h3-6,10,18H,2,7H2,1H3. The number of rotatable bonds is 4. The van der Waals surface area contributed by atoms with Crippen LogP contribution in [0.2, 0.25) is 0 Å². The van der Waals surface area contributed by atoms with Crippen molar-refractivity contribution in [2.24, 2.45) is 0 Å². The van der Waals surface area contributed by atoms with Gasteiger partial charge in [0.1, 0.15) is 0 Å². The molecule has 6 heteroatoms. The average molecular weight is 268 g/mol. The number of benzene rings is 1. The molecule has 0 spiro atoms. The fourth-order valence-electron chi connectivity index (χ4n) is 1.45. The normalized spacial score (nSPS) is 14.6. The van der Waals surface area contributed by atoms with Crippen molar-refractivity contribution in [3.8, 4) is 0 Å². The highest BCUT2D eigenvalue weighted by Gasteiger charge is 2.58. The molecule has 0 aliphatic rings. The SMILES string of the molecule is CCc1ccc(C(O)CC(F)(F)C(F)(F)F)cc1. The molecule has 0 saturated carbocycles. The molecule has 1 nitrogen and oxygen atoms in total. The third kappa shape index (κ3) is 3.41. The van der Waals surface area contributed by atoms with E-state index in [9.17, 15) is 27.1 Å². The molecule has 0 radical (unpaired) electrons. The number of aliphatic hydroxyl groups is 1. The first-order chi connectivity index (χ1) is 8.17. The monoisotopic (exact) mass is 268 g/mol. The lowest BCUT2D eigenvalue weighted by atomic mass is 10.0. The summed E-state index contributed by atoms with van der Waals surface area (Å²) in [6, 6.07) is 5.89. The van der Waals surface area contributed by atoms with Crippen molar-refractivity contribution in [1.82, 2.24) is 0 Å². The van der Waals surface area contributed by atoms with E-state index in [4.69, 9.17) is 0 Å². The van der Waals surface area contributed by atoms with Gasteiger partial charge in [-0.3, -0.25) is 0 Å². The van der Waals surface area contributed by atoms with Gasteiger partial charge in [-0.2, -0.15) is 22.0 Å². The summed E-state index contributed by atoms with van der Waals surface area (Å²) in [4.78, 5) is 0. The van der Waals surface area contributed by atoms with Crippen molar-refractivity contribution < 1.29 is 27.1 Å². The van der Waals surface area contributed by atoms with E-state index in [0.29, 0.717) is 0 Å². The summed E-state index contributed by atoms with van der Waals surface area (Å²) in [5, 5.41) is 9.40. The third-order valence-electron chi connectivity index (χ3n) is 2.64. The highest BCUT2D eigenvalue weighted by molar-refractivity contribution is 5.24. The molecule has 0 saturated heterocycles. The topological polar surface area (TPSA) is 20.2 Å². The first-order valence-corrected chi connectivity index (χ1v) is 5.39. The largest absolute Gasteiger partial charge is 0.453 e. The second-order valence-corrected chi connectivity index (χ2v) is 4.02. The summed E-state index contributed by atoms with van der Waals surface area (Å²) in [5.41, 5.74) is 0.963. The second-order valence-electron chi connectivity index (χ2n) is 4.02. The lowest BCUT2D eigenvalue weighted by Crippen LogP contribution is -2.37. The molecule has 1 aromatic rings. The Hall–Kier alpha value is -1.17. The van der Waals surface area contributed by atoms with E-state index < -0.39 is 24.6 Å². The van der Waals surface area contributed by atoms with Gasteiger partial charge in [-0.1, -0.05) is 31.2 Å². The average Bonchev–Trinajstić information content (AvgIpc) is 2.27. The number of hydrogen-bond donors (Lipinski definition) is 1. The molecule has 0 aliphatic carbocycles. The van der Waals surface area contributed by atoms with Crippen molar-refractivity contribution in [3.05, 3.63) is 35.4 Å². The Labute approximate surface area is 101 Å². The fraction of sp³-hybridized carbons (Fsp3) is 0.500. The zero-order chi connectivity index (χ0) is 14.0. The summed E-state index contributed by atoms with van der Waals surface area (Å²) in [5.74, 6) is -4.89. The summed E-state index contributed by atoms with van der Waals surface area (Å²) >= 11 is 0. The Kier molecular flexibility index (Phi) is 4.32. The quantitative estimate of drug-likeness (QED) is 0.822. The first kappa shape index (κ1) is 14.9. The first-order valence-electron chi connectivity index (χ1n) is 5.39. The minimum absolute atomic E-state index is 0.0520. The van der Waals surface area contributed by atoms with Crippen LogP contribution < -0.4 is 0 Å². The van der Waals surface area contributed by atoms with Gasteiger partial charge < -0.3 is 5.11 Å². The summed E-state index contributed by atoms with van der Waals surface area (Å²) < 4.78 is 61.4. The van der Waals surface area contributed by atoms with E-state index in [0.717, 1.165) is 12.0 Å². The molecule has 1 aromatic carbocycles. The van der Waals surface area contributed by atoms with E-state index in [-0.39, 0.29) is 5.56 Å². The van der Waals surface area contributed by atoms with Crippen LogP contribution in [0.1, 0.15) is 30.6 Å². The molecule has 102 valence electrons. The van der Waals surface area contributed by atoms with Gasteiger partial charge >= 0.3 is 12.1 Å². The molecule has 0 heterocycles. The maximum Gasteiger partial charge on any atom is 0.453 e. The predicted molar refractivity (Wildman–Crippen MR) is 56.4 cm³/mol. The summed E-state index contributed by atoms with van der Waals surface area (Å²) in [6.07, 6.45) is -8.43. The molecule has 1 atom stereocenters. The molecule has 18 heavy (non-hydrogen) atoms. The van der Waals surface area contributed by atoms with Crippen molar-refractivity contribution in [1.29, 1.82) is 0 Å². The number of alkyl halides is 5. The van der Waals surface area contributed by atoms with Crippen LogP contribution in [0.3, 0.4) is 0 Å². The van der Waals surface area contributed by atoms with Gasteiger partial charge in [0.2, 0.25) is 0 Å². The lowest BCUT2D eigenvalue weighted by molar-refractivity contribution is -0.290. The van der Waals surface area contributed by atoms with Crippen LogP contribution >= 0.6 is 0 Å². The van der Waals surface area contributed by atoms with Gasteiger partial charge in [0.05, 0.1) is 12.5 Å². The van der Waals surface area contributed by atoms with Crippen molar-refractivity contribution in [3.63, 3.8) is 0 Å². The van der Waals surface area contributed by atoms with Crippen LogP contribution in [-0.2, 0) is 6.42 Å². The van der Waals surface area contributed by atoms with Crippen LogP contribution in [-0.4, -0.2) is 17.2 Å². The molecule has 0 bridgehead atoms. The Balaban J connectivity index is 2.78. The predicted octanol–water partition coefficient (Wildman–Crippen LogP) is 3.87. The maximum absolute atomic E-state index is 12.7. The van der Waals surface area contributed by atoms with E-state index >= 15 is 0 Å². The van der Waals surface area contributed by atoms with E-state index in [1.807, 2.05) is 6.92 Å². The molecule has 0 aromatic heterocycles. The van der Waals surface area contributed by atoms with Crippen molar-refractivity contribution >= 4 is 0 Å². The van der Waals surface area contributed by atoms with Gasteiger partial charge in [-0.05, 0) is 17.5 Å². The van der Waals surface area contributed by atoms with Gasteiger partial charge in [0.15, 0.2) is 0 Å². The highest BCUT2D eigenvalue weighted by Crippen LogP contribution is 2.41. The van der Waals surface area contributed by atoms with Crippen LogP contribution in [0.15, 0.2) is 24.3 Å². The molecule has 1 N–H and O–H groups in total. The van der Waals surface area contributed by atoms with E-state index in [2.05, 4.69) is 0 Å². The molecule has 1 unspecified atom stereocenters. The minimum Gasteiger partial charge on any atom is -0.388 e. The Morgan fingerprint density at radius 3 is 1.94 bits per heavy atom. The second kappa shape index (κ2) is 5.22. The van der Waals surface area contributed by atoms with Crippen LogP contribution in [0.25, 0.3) is 0 Å².